The molecular formula is C93H111Cl3N12O28. The molecule has 3 fully saturated rings. The Kier molecular flexibility index (Phi) is 32.7. The lowest BCUT2D eigenvalue weighted by molar-refractivity contribution is -0.334. The first-order valence-corrected chi connectivity index (χ1v) is 44.8. The van der Waals surface area contributed by atoms with Crippen molar-refractivity contribution in [3.63, 3.8) is 0 Å². The summed E-state index contributed by atoms with van der Waals surface area (Å²) in [6.07, 6.45) is -27.4. The lowest BCUT2D eigenvalue weighted by Gasteiger charge is -2.48. The average molecular weight is 1950 g/mol. The number of nitrogens with two attached hydrogens (primary N) is 2. The van der Waals surface area contributed by atoms with Crippen LogP contribution in [0.4, 0.5) is 0 Å². The third kappa shape index (κ3) is 23.6. The van der Waals surface area contributed by atoms with Gasteiger partial charge in [-0.3, -0.25) is 38.4 Å². The number of hydrogen-bond acceptors (Lipinski definition) is 32. The van der Waals surface area contributed by atoms with Crippen LogP contribution in [0, 0.1) is 0 Å². The number of aliphatic hydroxyl groups excluding tert-OH is 8. The Morgan fingerprint density at radius 3 is 1.85 bits per heavy atom. The smallest absolute Gasteiger partial charge is 0.333 e. The Labute approximate surface area is 795 Å². The molecular weight excluding hydrogens is 1840 g/mol. The molecule has 23 atom stereocenters. The first kappa shape index (κ1) is 103. The molecule has 22 N–H and O–H groups in total. The number of halogens is 3. The fourth-order valence-corrected chi connectivity index (χ4v) is 17.6. The number of amides is 8. The molecule has 40 nitrogen and oxygen atoms in total. The molecule has 1 unspecified atom stereocenters. The van der Waals surface area contributed by atoms with E-state index < -0.39 is 269 Å². The van der Waals surface area contributed by atoms with Crippen LogP contribution in [-0.4, -0.2) is 278 Å². The molecule has 0 spiro atoms. The van der Waals surface area contributed by atoms with Gasteiger partial charge in [-0.15, -0.1) is 0 Å². The predicted molar refractivity (Wildman–Crippen MR) is 485 cm³/mol. The zero-order valence-electron chi connectivity index (χ0n) is 75.3. The highest BCUT2D eigenvalue weighted by molar-refractivity contribution is 6.32. The molecule has 732 valence electrons. The maximum absolute atomic E-state index is 16.8. The van der Waals surface area contributed by atoms with Gasteiger partial charge in [0.1, 0.15) is 78.0 Å². The van der Waals surface area contributed by atoms with Crippen molar-refractivity contribution >= 4 is 88.0 Å². The van der Waals surface area contributed by atoms with Crippen LogP contribution in [0.3, 0.4) is 0 Å². The molecule has 8 aliphatic rings. The summed E-state index contributed by atoms with van der Waals surface area (Å²) in [4.78, 5) is 141. The van der Waals surface area contributed by atoms with Gasteiger partial charge in [0, 0.05) is 61.2 Å². The summed E-state index contributed by atoms with van der Waals surface area (Å²) >= 11 is 21.0. The Morgan fingerprint density at radius 2 is 1.24 bits per heavy atom. The number of phenols is 1. The van der Waals surface area contributed by atoms with Gasteiger partial charge in [-0.1, -0.05) is 102 Å². The molecule has 11 bridgehead atoms. The van der Waals surface area contributed by atoms with Crippen LogP contribution < -0.4 is 68.2 Å². The SMILES string of the molecule is CN[C@H](CC(C)O)C(=O)N[C@H]1C(=O)N[C@@H](CC(N)=O)C(=O)N[C@H]2C(=O)N[C@H]3C(=O)N[C@H](C(=O)N[C@H](C(=O)OCC(=O)N(C)CCN(C)C)c4cc(O)ccc4-c4cc3ccc4C(O)O)[C@H](O[C@H]3C[C@](C)(N)[C@@H](O)[C@H](C)O3)c3ccc(c(Cl)c3)Oc3cc2cc(c3O[C@@H]2O[C@H](CO)[C@@H](O)[C@H](O)[C@H]2O[C@H]2C[C@](C)(NCc3ccc(-c4ccc(Cl)cc4)cc3)[C@@H](O)[C@H](C)O2)Oc2ccc(cc2Cl)[C@H]1O. The van der Waals surface area contributed by atoms with Crippen LogP contribution in [0.2, 0.25) is 15.1 Å². The molecule has 15 rings (SSSR count). The lowest BCUT2D eigenvalue weighted by Crippen LogP contribution is -2.65. The number of aliphatic hydroxyl groups is 9. The van der Waals surface area contributed by atoms with Crippen molar-refractivity contribution < 1.29 is 137 Å². The van der Waals surface area contributed by atoms with E-state index in [0.29, 0.717) is 11.6 Å². The van der Waals surface area contributed by atoms with Gasteiger partial charge in [0.2, 0.25) is 53.4 Å². The van der Waals surface area contributed by atoms with Crippen LogP contribution in [0.25, 0.3) is 22.3 Å². The third-order valence-corrected chi connectivity index (χ3v) is 25.5. The van der Waals surface area contributed by atoms with Crippen LogP contribution in [-0.2, 0) is 78.1 Å². The molecule has 7 aromatic rings. The summed E-state index contributed by atoms with van der Waals surface area (Å²) in [7, 11) is 6.34. The molecule has 7 aromatic carbocycles. The maximum Gasteiger partial charge on any atom is 0.333 e. The van der Waals surface area contributed by atoms with E-state index >= 15 is 28.8 Å². The molecule has 0 radical (unpaired) electrons. The fraction of sp³-hybridized carbons (Fsp3) is 0.452. The van der Waals surface area contributed by atoms with E-state index in [9.17, 15) is 65.4 Å². The zero-order valence-corrected chi connectivity index (χ0v) is 77.5. The number of carbonyl (C=O) groups excluding carboxylic acids is 9. The largest absolute Gasteiger partial charge is 0.508 e. The number of nitrogens with zero attached hydrogens (tertiary/aromatic N) is 2. The van der Waals surface area contributed by atoms with Crippen molar-refractivity contribution in [1.82, 2.24) is 52.3 Å². The summed E-state index contributed by atoms with van der Waals surface area (Å²) < 4.78 is 59.1. The van der Waals surface area contributed by atoms with E-state index in [4.69, 9.17) is 88.9 Å². The first-order chi connectivity index (χ1) is 64.4. The fourth-order valence-electron chi connectivity index (χ4n) is 17.0. The minimum Gasteiger partial charge on any atom is -0.508 e. The number of likely N-dealkylation sites (N-methyl/N-ethyl adjacent to an activating group) is 3. The summed E-state index contributed by atoms with van der Waals surface area (Å²) in [6, 6.07) is 16.0. The van der Waals surface area contributed by atoms with Crippen molar-refractivity contribution in [1.29, 1.82) is 0 Å². The van der Waals surface area contributed by atoms with Gasteiger partial charge in [0.15, 0.2) is 49.1 Å². The minimum absolute atomic E-state index is 0.152. The Morgan fingerprint density at radius 1 is 0.640 bits per heavy atom. The maximum atomic E-state index is 16.8. The van der Waals surface area contributed by atoms with Gasteiger partial charge in [0.05, 0.1) is 59.6 Å². The van der Waals surface area contributed by atoms with Crippen LogP contribution >= 0.6 is 34.8 Å². The molecule has 136 heavy (non-hydrogen) atoms. The molecule has 3 saturated heterocycles. The monoisotopic (exact) mass is 1950 g/mol. The number of carbonyl (C=O) groups is 9. The van der Waals surface area contributed by atoms with Gasteiger partial charge in [-0.25, -0.2) is 4.79 Å². The molecule has 8 amide bonds. The molecule has 0 saturated carbocycles. The Bertz CT molecular complexity index is 5570. The highest BCUT2D eigenvalue weighted by Gasteiger charge is 2.53. The number of nitrogens with one attached hydrogen (secondary N) is 8. The van der Waals surface area contributed by atoms with Crippen LogP contribution in [0.1, 0.15) is 136 Å². The number of ether oxygens (including phenoxy) is 9. The Balaban J connectivity index is 1.02. The van der Waals surface area contributed by atoms with Gasteiger partial charge >= 0.3 is 5.97 Å². The summed E-state index contributed by atoms with van der Waals surface area (Å²) in [6.45, 7) is 6.35. The minimum atomic E-state index is -2.44. The second-order valence-electron chi connectivity index (χ2n) is 35.4. The number of esters is 1. The van der Waals surface area contributed by atoms with E-state index in [-0.39, 0.29) is 71.3 Å². The summed E-state index contributed by atoms with van der Waals surface area (Å²) in [5, 5.41) is 137. The predicted octanol–water partition coefficient (Wildman–Crippen LogP) is 2.27. The second kappa shape index (κ2) is 43.4. The molecule has 0 aromatic heterocycles. The number of primary amides is 1. The topological polar surface area (TPSA) is 594 Å². The van der Waals surface area contributed by atoms with Crippen molar-refractivity contribution in [2.24, 2.45) is 11.5 Å². The van der Waals surface area contributed by atoms with E-state index in [1.165, 1.54) is 76.2 Å². The zero-order chi connectivity index (χ0) is 98.5. The van der Waals surface area contributed by atoms with Gasteiger partial charge < -0.3 is 157 Å². The van der Waals surface area contributed by atoms with Crippen molar-refractivity contribution in [3.05, 3.63) is 187 Å². The normalized spacial score (nSPS) is 28.5. The average Bonchev–Trinajstić information content (AvgIpc) is 0.760. The molecule has 8 heterocycles. The van der Waals surface area contributed by atoms with Gasteiger partial charge in [-0.05, 0) is 185 Å². The number of rotatable bonds is 25. The number of fused-ring (bicyclic) bond motifs is 15. The van der Waals surface area contributed by atoms with E-state index in [0.717, 1.165) is 65.2 Å². The Hall–Kier alpha value is -10.9. The number of benzene rings is 7. The van der Waals surface area contributed by atoms with E-state index in [2.05, 4.69) is 42.5 Å². The van der Waals surface area contributed by atoms with Crippen molar-refractivity contribution in [2.45, 2.75) is 213 Å². The quantitative estimate of drug-likeness (QED) is 0.0288. The second-order valence-corrected chi connectivity index (χ2v) is 36.6. The van der Waals surface area contributed by atoms with Gasteiger partial charge in [0.25, 0.3) is 5.91 Å². The third-order valence-electron chi connectivity index (χ3n) is 24.7. The highest BCUT2D eigenvalue weighted by atomic mass is 35.5. The van der Waals surface area contributed by atoms with Crippen LogP contribution in [0.15, 0.2) is 133 Å². The lowest BCUT2D eigenvalue weighted by atomic mass is 9.84. The molecule has 43 heteroatoms. The van der Waals surface area contributed by atoms with E-state index in [1.54, 1.807) is 45.0 Å². The molecule has 8 aliphatic heterocycles. The van der Waals surface area contributed by atoms with Crippen molar-refractivity contribution in [3.8, 4) is 56.8 Å². The van der Waals surface area contributed by atoms with E-state index in [1.807, 2.05) is 36.4 Å². The van der Waals surface area contributed by atoms with Crippen LogP contribution in [0.5, 0.6) is 34.5 Å². The van der Waals surface area contributed by atoms with Gasteiger partial charge in [-0.2, -0.15) is 0 Å². The number of phenolic OH excluding ortho intramolecular Hbond substituents is 1. The summed E-state index contributed by atoms with van der Waals surface area (Å²) in [5.41, 5.74) is 9.95. The number of hydrogen-bond donors (Lipinski definition) is 20. The standard InChI is InChI=1S/C93H111Cl3N12O28/c1-41(110)28-59(99-6)83(119)105-73-75(114)48-17-24-61(57(95)30-48)131-63-32-50-33-64(79(63)136-91-80(77(116)76(115)65(39-109)133-91)135-69-37-93(5,82(118)43(3)130-69)100-38-44-10-12-45(13-11-44)46-14-19-51(94)20-15-46)132-62-25-18-49(31-58(62)96)78(134-68-36-92(4,98)81(117)42(2)129-68)74-88(124)104-72(90(127)128-40-67(113)108(9)27-26-107(7)8)56-34-52(111)21-23-53(56)55-29-47(16-22-54(55)89(125)126)70(85(121)106-74)103-86(122)71(50)102-84(120)60(35-66(97)112)101-87(73)123/h10-25,29-34,41-43,59-60,65,68-78,80-82,89,91,99-100,109-111,114-118,125-126H,26-28,35-40,98H2,1-9H3,(H2,97,112)(H,101,123)(H,102,120)(H,103,122)(H,104,124)(H,105,119)(H,106,121)/t41?,42-,43-,59+,60-,65+,68-,69-,70+,71+,72-,73+,74-,75+,76+,77-,78+,80+,81-,82-,91-,92-,93-/m0/s1. The summed E-state index contributed by atoms with van der Waals surface area (Å²) in [5.74, 6) is -14.9. The highest BCUT2D eigenvalue weighted by Crippen LogP contribution is 2.50. The number of aromatic hydroxyl groups is 1. The molecule has 0 aliphatic carbocycles. The first-order valence-electron chi connectivity index (χ1n) is 43.7. The van der Waals surface area contributed by atoms with Crippen molar-refractivity contribution in [2.75, 3.05) is 54.5 Å².